The standard InChI is InChI=1S/C32H37ClN6O4/c1-42-31(41)23-18-39(19-23)28(40)3-2-12-37-13-15-38(16-14-37)30-27-10-6-22-17-25(43-20-21-4-7-24(33)8-5-21)9-11-26(22)29(27)35-32(34)36-30/h4-5,7-9,11,17,23H,2-3,6,10,12-16,18-20H2,1H3,(H2,34,35,36). The topological polar surface area (TPSA) is 114 Å². The Balaban J connectivity index is 1.03. The van der Waals surface area contributed by atoms with Crippen molar-refractivity contribution in [3.8, 4) is 17.0 Å². The lowest BCUT2D eigenvalue weighted by Crippen LogP contribution is -2.53. The molecule has 0 atom stereocenters. The molecule has 0 saturated carbocycles. The molecule has 1 aliphatic carbocycles. The van der Waals surface area contributed by atoms with Gasteiger partial charge in [-0.15, -0.1) is 0 Å². The Kier molecular flexibility index (Phi) is 8.67. The quantitative estimate of drug-likeness (QED) is 0.366. The number of fused-ring (bicyclic) bond motifs is 3. The number of amides is 1. The van der Waals surface area contributed by atoms with Crippen molar-refractivity contribution in [1.82, 2.24) is 19.8 Å². The molecule has 1 amide bonds. The molecule has 2 fully saturated rings. The van der Waals surface area contributed by atoms with Crippen LogP contribution in [0.1, 0.15) is 29.5 Å². The second-order valence-corrected chi connectivity index (χ2v) is 11.9. The number of benzene rings is 2. The molecule has 226 valence electrons. The normalized spacial score (nSPS) is 16.7. The number of nitrogens with two attached hydrogens (primary N) is 1. The Labute approximate surface area is 256 Å². The zero-order chi connectivity index (χ0) is 29.9. The molecule has 11 heteroatoms. The van der Waals surface area contributed by atoms with Crippen LogP contribution in [0.2, 0.25) is 5.02 Å². The lowest BCUT2D eigenvalue weighted by molar-refractivity contribution is -0.155. The number of esters is 1. The number of nitrogen functional groups attached to an aromatic ring is 1. The van der Waals surface area contributed by atoms with Gasteiger partial charge in [-0.2, -0.15) is 4.98 Å². The van der Waals surface area contributed by atoms with Gasteiger partial charge in [0.15, 0.2) is 0 Å². The monoisotopic (exact) mass is 604 g/mol. The van der Waals surface area contributed by atoms with Crippen LogP contribution in [0.15, 0.2) is 42.5 Å². The van der Waals surface area contributed by atoms with Gasteiger partial charge in [0, 0.05) is 61.8 Å². The predicted molar refractivity (Wildman–Crippen MR) is 165 cm³/mol. The number of ether oxygens (including phenoxy) is 2. The Hall–Kier alpha value is -3.89. The van der Waals surface area contributed by atoms with Crippen molar-refractivity contribution in [3.63, 3.8) is 0 Å². The van der Waals surface area contributed by atoms with E-state index < -0.39 is 0 Å². The fourth-order valence-electron chi connectivity index (χ4n) is 6.10. The van der Waals surface area contributed by atoms with Crippen LogP contribution >= 0.6 is 11.6 Å². The van der Waals surface area contributed by atoms with E-state index in [4.69, 9.17) is 31.8 Å². The summed E-state index contributed by atoms with van der Waals surface area (Å²) in [7, 11) is 1.39. The maximum Gasteiger partial charge on any atom is 0.312 e. The average Bonchev–Trinajstić information content (AvgIpc) is 2.99. The third kappa shape index (κ3) is 6.55. The van der Waals surface area contributed by atoms with Gasteiger partial charge < -0.3 is 25.0 Å². The minimum Gasteiger partial charge on any atom is -0.489 e. The van der Waals surface area contributed by atoms with Crippen LogP contribution in [0.5, 0.6) is 5.75 Å². The Bertz CT molecular complexity index is 1490. The number of carbonyl (C=O) groups is 2. The van der Waals surface area contributed by atoms with Gasteiger partial charge in [-0.3, -0.25) is 14.5 Å². The van der Waals surface area contributed by atoms with Crippen LogP contribution in [0.4, 0.5) is 11.8 Å². The Morgan fingerprint density at radius 2 is 1.79 bits per heavy atom. The van der Waals surface area contributed by atoms with Gasteiger partial charge in [-0.1, -0.05) is 23.7 Å². The largest absolute Gasteiger partial charge is 0.489 e. The minimum atomic E-state index is -0.234. The van der Waals surface area contributed by atoms with Crippen molar-refractivity contribution in [3.05, 3.63) is 64.2 Å². The predicted octanol–water partition coefficient (Wildman–Crippen LogP) is 3.59. The van der Waals surface area contributed by atoms with E-state index in [2.05, 4.69) is 26.9 Å². The molecule has 43 heavy (non-hydrogen) atoms. The fourth-order valence-corrected chi connectivity index (χ4v) is 6.23. The first-order chi connectivity index (χ1) is 20.9. The summed E-state index contributed by atoms with van der Waals surface area (Å²) >= 11 is 6.00. The summed E-state index contributed by atoms with van der Waals surface area (Å²) in [5, 5.41) is 0.711. The fraction of sp³-hybridized carbons (Fsp3) is 0.438. The third-order valence-corrected chi connectivity index (χ3v) is 8.86. The highest BCUT2D eigenvalue weighted by molar-refractivity contribution is 6.30. The summed E-state index contributed by atoms with van der Waals surface area (Å²) < 4.78 is 10.8. The summed E-state index contributed by atoms with van der Waals surface area (Å²) in [6, 6.07) is 13.9. The molecule has 0 spiro atoms. The van der Waals surface area contributed by atoms with Crippen LogP contribution in [0.25, 0.3) is 11.3 Å². The SMILES string of the molecule is COC(=O)C1CN(C(=O)CCCN2CCN(c3nc(N)nc4c3CCc3cc(OCc5ccc(Cl)cc5)ccc3-4)CC2)C1. The highest BCUT2D eigenvalue weighted by Crippen LogP contribution is 2.38. The second kappa shape index (κ2) is 12.8. The summed E-state index contributed by atoms with van der Waals surface area (Å²) in [5.41, 5.74) is 11.6. The molecule has 0 radical (unpaired) electrons. The number of piperazine rings is 1. The van der Waals surface area contributed by atoms with E-state index in [0.717, 1.165) is 85.9 Å². The molecule has 2 aromatic carbocycles. The Morgan fingerprint density at radius 3 is 2.53 bits per heavy atom. The van der Waals surface area contributed by atoms with E-state index in [0.29, 0.717) is 31.1 Å². The average molecular weight is 605 g/mol. The number of hydrogen-bond acceptors (Lipinski definition) is 9. The van der Waals surface area contributed by atoms with Crippen molar-refractivity contribution < 1.29 is 19.1 Å². The molecular weight excluding hydrogens is 568 g/mol. The first kappa shape index (κ1) is 29.2. The molecule has 1 aromatic heterocycles. The maximum atomic E-state index is 12.4. The zero-order valence-electron chi connectivity index (χ0n) is 24.4. The molecule has 3 aromatic rings. The summed E-state index contributed by atoms with van der Waals surface area (Å²) in [4.78, 5) is 39.8. The molecule has 10 nitrogen and oxygen atoms in total. The van der Waals surface area contributed by atoms with Gasteiger partial charge in [0.25, 0.3) is 0 Å². The number of methoxy groups -OCH3 is 1. The van der Waals surface area contributed by atoms with E-state index in [9.17, 15) is 9.59 Å². The van der Waals surface area contributed by atoms with Crippen molar-refractivity contribution in [2.75, 3.05) is 63.6 Å². The molecule has 2 aliphatic heterocycles. The number of carbonyl (C=O) groups excluding carboxylic acids is 2. The van der Waals surface area contributed by atoms with Gasteiger partial charge in [0.05, 0.1) is 18.7 Å². The zero-order valence-corrected chi connectivity index (χ0v) is 25.2. The van der Waals surface area contributed by atoms with Gasteiger partial charge in [0.2, 0.25) is 11.9 Å². The molecule has 2 N–H and O–H groups in total. The van der Waals surface area contributed by atoms with Crippen molar-refractivity contribution in [1.29, 1.82) is 0 Å². The molecule has 3 aliphatic rings. The minimum absolute atomic E-state index is 0.113. The summed E-state index contributed by atoms with van der Waals surface area (Å²) in [6.07, 6.45) is 3.02. The number of halogens is 1. The van der Waals surface area contributed by atoms with Gasteiger partial charge >= 0.3 is 5.97 Å². The number of nitrogens with zero attached hydrogens (tertiary/aromatic N) is 5. The molecular formula is C32H37ClN6O4. The highest BCUT2D eigenvalue weighted by Gasteiger charge is 2.36. The number of aryl methyl sites for hydroxylation is 1. The van der Waals surface area contributed by atoms with Gasteiger partial charge in [0.1, 0.15) is 18.2 Å². The second-order valence-electron chi connectivity index (χ2n) is 11.4. The van der Waals surface area contributed by atoms with Crippen molar-refractivity contribution >= 4 is 35.2 Å². The number of hydrogen-bond donors (Lipinski definition) is 1. The van der Waals surface area contributed by atoms with Crippen LogP contribution in [0, 0.1) is 5.92 Å². The van der Waals surface area contributed by atoms with Crippen LogP contribution in [-0.2, 0) is 33.8 Å². The van der Waals surface area contributed by atoms with Crippen molar-refractivity contribution in [2.45, 2.75) is 32.3 Å². The van der Waals surface area contributed by atoms with Crippen LogP contribution < -0.4 is 15.4 Å². The van der Waals surface area contributed by atoms with Crippen molar-refractivity contribution in [2.24, 2.45) is 5.92 Å². The first-order valence-corrected chi connectivity index (χ1v) is 15.3. The first-order valence-electron chi connectivity index (χ1n) is 14.9. The maximum absolute atomic E-state index is 12.4. The summed E-state index contributed by atoms with van der Waals surface area (Å²) in [6.45, 7) is 5.76. The third-order valence-electron chi connectivity index (χ3n) is 8.60. The molecule has 6 rings (SSSR count). The van der Waals surface area contributed by atoms with E-state index >= 15 is 0 Å². The summed E-state index contributed by atoms with van der Waals surface area (Å²) in [5.74, 6) is 1.75. The van der Waals surface area contributed by atoms with Gasteiger partial charge in [-0.05, 0) is 67.3 Å². The molecule has 2 saturated heterocycles. The van der Waals surface area contributed by atoms with E-state index in [1.807, 2.05) is 30.3 Å². The van der Waals surface area contributed by atoms with E-state index in [-0.39, 0.29) is 23.7 Å². The van der Waals surface area contributed by atoms with E-state index in [1.54, 1.807) is 4.90 Å². The highest BCUT2D eigenvalue weighted by atomic mass is 35.5. The lowest BCUT2D eigenvalue weighted by atomic mass is 9.88. The van der Waals surface area contributed by atoms with Gasteiger partial charge in [-0.25, -0.2) is 4.98 Å². The lowest BCUT2D eigenvalue weighted by Gasteiger charge is -2.38. The smallest absolute Gasteiger partial charge is 0.312 e. The Morgan fingerprint density at radius 1 is 1.02 bits per heavy atom. The molecule has 0 bridgehead atoms. The number of likely N-dealkylation sites (tertiary alicyclic amines) is 1. The molecule has 3 heterocycles. The van der Waals surface area contributed by atoms with Crippen LogP contribution in [0.3, 0.4) is 0 Å². The number of rotatable bonds is 9. The number of aromatic nitrogens is 2. The van der Waals surface area contributed by atoms with Crippen LogP contribution in [-0.4, -0.2) is 84.6 Å². The van der Waals surface area contributed by atoms with E-state index in [1.165, 1.54) is 12.7 Å². The molecule has 0 unspecified atom stereocenters. The number of anilines is 2.